The number of nitrogens with one attached hydrogen (secondary N) is 1. The van der Waals surface area contributed by atoms with Crippen molar-refractivity contribution >= 4 is 46.3 Å². The standard InChI is InChI=1S/C24H16ClN3O3S/c25-21-10-2-1-9-20(21)24-27-22(15-32-24)17-6-4-7-18(14-17)26-23(29)12-11-16-5-3-8-19(13-16)28(30)31/h1-15H,(H,26,29)/b12-11+. The number of thiazole rings is 1. The van der Waals surface area contributed by atoms with Crippen LogP contribution in [0.1, 0.15) is 5.56 Å². The molecule has 0 spiro atoms. The summed E-state index contributed by atoms with van der Waals surface area (Å²) in [5.74, 6) is -0.344. The molecule has 1 N–H and O–H groups in total. The van der Waals surface area contributed by atoms with Crippen molar-refractivity contribution in [3.63, 3.8) is 0 Å². The average molecular weight is 462 g/mol. The third kappa shape index (κ3) is 5.08. The van der Waals surface area contributed by atoms with Crippen LogP contribution in [-0.4, -0.2) is 15.8 Å². The highest BCUT2D eigenvalue weighted by atomic mass is 35.5. The third-order valence-corrected chi connectivity index (χ3v) is 5.75. The molecule has 0 radical (unpaired) electrons. The number of carbonyl (C=O) groups excluding carboxylic acids is 1. The zero-order valence-electron chi connectivity index (χ0n) is 16.6. The van der Waals surface area contributed by atoms with Gasteiger partial charge < -0.3 is 5.32 Å². The summed E-state index contributed by atoms with van der Waals surface area (Å²) < 4.78 is 0. The number of nitrogens with zero attached hydrogens (tertiary/aromatic N) is 2. The first-order valence-corrected chi connectivity index (χ1v) is 10.8. The van der Waals surface area contributed by atoms with Crippen molar-refractivity contribution in [1.82, 2.24) is 4.98 Å². The minimum absolute atomic E-state index is 0.0281. The van der Waals surface area contributed by atoms with E-state index in [0.717, 1.165) is 21.8 Å². The summed E-state index contributed by atoms with van der Waals surface area (Å²) in [6, 6.07) is 21.0. The lowest BCUT2D eigenvalue weighted by atomic mass is 10.1. The van der Waals surface area contributed by atoms with E-state index in [0.29, 0.717) is 16.3 Å². The number of halogens is 1. The molecule has 0 unspecified atom stereocenters. The van der Waals surface area contributed by atoms with E-state index in [2.05, 4.69) is 10.3 Å². The van der Waals surface area contributed by atoms with Gasteiger partial charge in [0.05, 0.1) is 15.6 Å². The minimum atomic E-state index is -0.474. The summed E-state index contributed by atoms with van der Waals surface area (Å²) in [4.78, 5) is 27.4. The summed E-state index contributed by atoms with van der Waals surface area (Å²) in [5.41, 5.74) is 3.68. The Bertz CT molecular complexity index is 1330. The number of non-ortho nitro benzene ring substituents is 1. The highest BCUT2D eigenvalue weighted by Gasteiger charge is 2.10. The van der Waals surface area contributed by atoms with Gasteiger partial charge in [0.1, 0.15) is 5.01 Å². The topological polar surface area (TPSA) is 85.1 Å². The van der Waals surface area contributed by atoms with Gasteiger partial charge in [-0.1, -0.05) is 54.1 Å². The van der Waals surface area contributed by atoms with Crippen LogP contribution < -0.4 is 5.32 Å². The molecule has 3 aromatic carbocycles. The molecule has 158 valence electrons. The molecule has 1 heterocycles. The van der Waals surface area contributed by atoms with E-state index in [-0.39, 0.29) is 11.6 Å². The molecule has 4 rings (SSSR count). The first-order valence-electron chi connectivity index (χ1n) is 9.54. The van der Waals surface area contributed by atoms with E-state index in [1.54, 1.807) is 18.2 Å². The minimum Gasteiger partial charge on any atom is -0.322 e. The van der Waals surface area contributed by atoms with Crippen LogP contribution in [0.3, 0.4) is 0 Å². The first kappa shape index (κ1) is 21.4. The Hall–Kier alpha value is -3.81. The summed E-state index contributed by atoms with van der Waals surface area (Å²) in [5, 5.41) is 17.1. The largest absolute Gasteiger partial charge is 0.322 e. The predicted molar refractivity (Wildman–Crippen MR) is 129 cm³/mol. The second-order valence-corrected chi connectivity index (χ2v) is 8.04. The second kappa shape index (κ2) is 9.55. The van der Waals surface area contributed by atoms with Crippen LogP contribution in [0.25, 0.3) is 27.9 Å². The number of anilines is 1. The van der Waals surface area contributed by atoms with E-state index in [4.69, 9.17) is 11.6 Å². The van der Waals surface area contributed by atoms with Crippen LogP contribution in [0.5, 0.6) is 0 Å². The van der Waals surface area contributed by atoms with Gasteiger partial charge in [0.2, 0.25) is 5.91 Å². The fourth-order valence-electron chi connectivity index (χ4n) is 3.02. The van der Waals surface area contributed by atoms with Crippen LogP contribution in [0, 0.1) is 10.1 Å². The van der Waals surface area contributed by atoms with Crippen LogP contribution in [0.15, 0.2) is 84.3 Å². The molecule has 0 atom stereocenters. The second-order valence-electron chi connectivity index (χ2n) is 6.77. The zero-order valence-corrected chi connectivity index (χ0v) is 18.1. The lowest BCUT2D eigenvalue weighted by molar-refractivity contribution is -0.384. The molecule has 1 amide bonds. The summed E-state index contributed by atoms with van der Waals surface area (Å²) in [6.45, 7) is 0. The number of hydrogen-bond acceptors (Lipinski definition) is 5. The maximum atomic E-state index is 12.3. The van der Waals surface area contributed by atoms with Crippen LogP contribution >= 0.6 is 22.9 Å². The molecule has 1 aromatic heterocycles. The lowest BCUT2D eigenvalue weighted by Gasteiger charge is -2.04. The molecule has 0 saturated carbocycles. The van der Waals surface area contributed by atoms with Gasteiger partial charge in [0.25, 0.3) is 5.69 Å². The van der Waals surface area contributed by atoms with Gasteiger partial charge in [-0.25, -0.2) is 4.98 Å². The van der Waals surface area contributed by atoms with Crippen LogP contribution in [-0.2, 0) is 4.79 Å². The Morgan fingerprint density at radius 1 is 1.06 bits per heavy atom. The van der Waals surface area contributed by atoms with Crippen molar-refractivity contribution in [2.24, 2.45) is 0 Å². The number of nitro groups is 1. The van der Waals surface area contributed by atoms with Crippen LogP contribution in [0.4, 0.5) is 11.4 Å². The summed E-state index contributed by atoms with van der Waals surface area (Å²) in [7, 11) is 0. The monoisotopic (exact) mass is 461 g/mol. The fourth-order valence-corrected chi connectivity index (χ4v) is 4.17. The van der Waals surface area contributed by atoms with E-state index >= 15 is 0 Å². The summed E-state index contributed by atoms with van der Waals surface area (Å²) >= 11 is 7.77. The normalized spacial score (nSPS) is 10.9. The Kier molecular flexibility index (Phi) is 6.39. The molecule has 32 heavy (non-hydrogen) atoms. The maximum Gasteiger partial charge on any atom is 0.270 e. The molecule has 4 aromatic rings. The number of rotatable bonds is 6. The molecule has 0 aliphatic rings. The van der Waals surface area contributed by atoms with E-state index in [1.807, 2.05) is 47.8 Å². The van der Waals surface area contributed by atoms with Crippen molar-refractivity contribution in [3.8, 4) is 21.8 Å². The third-order valence-electron chi connectivity index (χ3n) is 4.54. The van der Waals surface area contributed by atoms with Crippen LogP contribution in [0.2, 0.25) is 5.02 Å². The van der Waals surface area contributed by atoms with E-state index in [9.17, 15) is 14.9 Å². The number of hydrogen-bond donors (Lipinski definition) is 1. The van der Waals surface area contributed by atoms with E-state index in [1.165, 1.54) is 35.6 Å². The van der Waals surface area contributed by atoms with Gasteiger partial charge in [-0.15, -0.1) is 11.3 Å². The van der Waals surface area contributed by atoms with Crippen molar-refractivity contribution in [3.05, 3.63) is 105 Å². The van der Waals surface area contributed by atoms with E-state index < -0.39 is 4.92 Å². The maximum absolute atomic E-state index is 12.3. The van der Waals surface area contributed by atoms with Gasteiger partial charge in [0, 0.05) is 40.4 Å². The number of nitro benzene ring substituents is 1. The highest BCUT2D eigenvalue weighted by Crippen LogP contribution is 2.33. The summed E-state index contributed by atoms with van der Waals surface area (Å²) in [6.07, 6.45) is 2.87. The molecule has 6 nitrogen and oxygen atoms in total. The fraction of sp³-hybridized carbons (Fsp3) is 0. The Morgan fingerprint density at radius 2 is 1.88 bits per heavy atom. The van der Waals surface area contributed by atoms with Crippen molar-refractivity contribution in [2.75, 3.05) is 5.32 Å². The Balaban J connectivity index is 1.48. The van der Waals surface area contributed by atoms with Gasteiger partial charge in [0.15, 0.2) is 0 Å². The molecular weight excluding hydrogens is 446 g/mol. The van der Waals surface area contributed by atoms with Gasteiger partial charge in [-0.3, -0.25) is 14.9 Å². The SMILES string of the molecule is O=C(/C=C/c1cccc([N+](=O)[O-])c1)Nc1cccc(-c2csc(-c3ccccc3Cl)n2)c1. The van der Waals surface area contributed by atoms with Crippen molar-refractivity contribution < 1.29 is 9.72 Å². The molecule has 0 aliphatic carbocycles. The lowest BCUT2D eigenvalue weighted by Crippen LogP contribution is -2.07. The first-order chi connectivity index (χ1) is 15.5. The van der Waals surface area contributed by atoms with Crippen molar-refractivity contribution in [2.45, 2.75) is 0 Å². The molecule has 0 fully saturated rings. The van der Waals surface area contributed by atoms with Gasteiger partial charge in [-0.05, 0) is 29.8 Å². The van der Waals surface area contributed by atoms with Crippen molar-refractivity contribution in [1.29, 1.82) is 0 Å². The quantitative estimate of drug-likeness (QED) is 0.197. The average Bonchev–Trinajstić information content (AvgIpc) is 3.28. The van der Waals surface area contributed by atoms with Gasteiger partial charge >= 0.3 is 0 Å². The molecule has 0 saturated heterocycles. The smallest absolute Gasteiger partial charge is 0.270 e. The molecule has 0 aliphatic heterocycles. The Labute approximate surface area is 193 Å². The molecule has 0 bridgehead atoms. The number of aromatic nitrogens is 1. The predicted octanol–water partition coefficient (Wildman–Crippen LogP) is 6.69. The highest BCUT2D eigenvalue weighted by molar-refractivity contribution is 7.13. The molecule has 8 heteroatoms. The Morgan fingerprint density at radius 3 is 2.69 bits per heavy atom. The number of carbonyl (C=O) groups is 1. The van der Waals surface area contributed by atoms with Gasteiger partial charge in [-0.2, -0.15) is 0 Å². The zero-order chi connectivity index (χ0) is 22.5. The number of benzene rings is 3. The number of amides is 1. The molecular formula is C24H16ClN3O3S.